The molecule has 0 fully saturated rings. The Hall–Kier alpha value is 0.610. The maximum atomic E-state index is 10.8. The van der Waals surface area contributed by atoms with Crippen molar-refractivity contribution >= 4 is 55.6 Å². The summed E-state index contributed by atoms with van der Waals surface area (Å²) in [6.07, 6.45) is 1.27. The third-order valence-corrected chi connectivity index (χ3v) is 3.49. The van der Waals surface area contributed by atoms with Crippen LogP contribution in [0.3, 0.4) is 0 Å². The Morgan fingerprint density at radius 2 is 1.82 bits per heavy atom. The predicted octanol–water partition coefficient (Wildman–Crippen LogP) is 3.93. The third-order valence-electron chi connectivity index (χ3n) is 1.87. The molecule has 96 valence electrons. The number of phosphoric ester groups is 1. The number of aryl methyl sites for hydroxylation is 1. The van der Waals surface area contributed by atoms with Gasteiger partial charge in [0.25, 0.3) is 0 Å². The minimum Gasteiger partial charge on any atom is -0.404 e. The molecular formula is C9H10Br3O4P. The molecule has 1 aromatic carbocycles. The quantitative estimate of drug-likeness (QED) is 0.536. The Kier molecular flexibility index (Phi) is 5.69. The van der Waals surface area contributed by atoms with Gasteiger partial charge in [0.15, 0.2) is 0 Å². The van der Waals surface area contributed by atoms with Gasteiger partial charge in [0.05, 0.1) is 0 Å². The summed E-state index contributed by atoms with van der Waals surface area (Å²) in [6, 6.07) is 6.76. The van der Waals surface area contributed by atoms with Gasteiger partial charge in [0.1, 0.15) is 7.89 Å². The Labute approximate surface area is 124 Å². The Bertz CT molecular complexity index is 426. The zero-order chi connectivity index (χ0) is 13.1. The van der Waals surface area contributed by atoms with Crippen molar-refractivity contribution in [1.29, 1.82) is 0 Å². The third kappa shape index (κ3) is 6.94. The number of alkyl halides is 3. The summed E-state index contributed by atoms with van der Waals surface area (Å²) in [5, 5.41) is 0. The highest BCUT2D eigenvalue weighted by molar-refractivity contribution is 9.39. The summed E-state index contributed by atoms with van der Waals surface area (Å²) in [7, 11) is -4.51. The van der Waals surface area contributed by atoms with Crippen molar-refractivity contribution in [3.8, 4) is 5.75 Å². The molecule has 0 radical (unpaired) electrons. The Morgan fingerprint density at radius 1 is 1.24 bits per heavy atom. The smallest absolute Gasteiger partial charge is 0.404 e. The summed E-state index contributed by atoms with van der Waals surface area (Å²) in [4.78, 5) is 17.6. The lowest BCUT2D eigenvalue weighted by atomic mass is 10.1. The summed E-state index contributed by atoms with van der Waals surface area (Å²) in [6.45, 7) is 0. The monoisotopic (exact) mass is 450 g/mol. The van der Waals surface area contributed by atoms with E-state index >= 15 is 0 Å². The zero-order valence-corrected chi connectivity index (χ0v) is 14.2. The molecule has 0 aliphatic heterocycles. The highest BCUT2D eigenvalue weighted by atomic mass is 80.0. The number of hydrogen-bond donors (Lipinski definition) is 2. The highest BCUT2D eigenvalue weighted by Gasteiger charge is 2.21. The number of benzene rings is 1. The van der Waals surface area contributed by atoms with Crippen LogP contribution in [-0.4, -0.2) is 11.9 Å². The normalized spacial score (nSPS) is 12.5. The van der Waals surface area contributed by atoms with Crippen LogP contribution in [0.4, 0.5) is 0 Å². The molecule has 17 heavy (non-hydrogen) atoms. The van der Waals surface area contributed by atoms with Gasteiger partial charge in [-0.1, -0.05) is 66.0 Å². The lowest BCUT2D eigenvalue weighted by molar-refractivity contribution is 0.282. The van der Waals surface area contributed by atoms with E-state index in [9.17, 15) is 4.57 Å². The van der Waals surface area contributed by atoms with E-state index in [4.69, 9.17) is 9.79 Å². The van der Waals surface area contributed by atoms with Crippen LogP contribution in [0.2, 0.25) is 0 Å². The van der Waals surface area contributed by atoms with Gasteiger partial charge >= 0.3 is 7.82 Å². The number of hydrogen-bond acceptors (Lipinski definition) is 2. The van der Waals surface area contributed by atoms with E-state index in [1.165, 1.54) is 6.07 Å². The molecule has 0 bridgehead atoms. The number of halogens is 3. The van der Waals surface area contributed by atoms with Gasteiger partial charge in [-0.15, -0.1) is 0 Å². The largest absolute Gasteiger partial charge is 0.524 e. The zero-order valence-electron chi connectivity index (χ0n) is 8.52. The molecule has 0 aromatic heterocycles. The van der Waals surface area contributed by atoms with Crippen LogP contribution in [0.1, 0.15) is 12.0 Å². The van der Waals surface area contributed by atoms with Crippen LogP contribution >= 0.6 is 55.6 Å². The van der Waals surface area contributed by atoms with Crippen LogP contribution in [0, 0.1) is 0 Å². The van der Waals surface area contributed by atoms with E-state index in [2.05, 4.69) is 52.3 Å². The van der Waals surface area contributed by atoms with Gasteiger partial charge in [0, 0.05) is 0 Å². The Balaban J connectivity index is 2.82. The second-order valence-corrected chi connectivity index (χ2v) is 11.7. The van der Waals surface area contributed by atoms with E-state index in [0.717, 1.165) is 5.56 Å². The molecule has 0 saturated heterocycles. The van der Waals surface area contributed by atoms with Crippen LogP contribution in [-0.2, 0) is 11.0 Å². The summed E-state index contributed by atoms with van der Waals surface area (Å²) in [5.41, 5.74) is 0.735. The molecule has 0 saturated carbocycles. The van der Waals surface area contributed by atoms with Gasteiger partial charge in [-0.25, -0.2) is 4.57 Å². The second-order valence-electron chi connectivity index (χ2n) is 3.30. The molecule has 2 N–H and O–H groups in total. The van der Waals surface area contributed by atoms with E-state index in [1.807, 2.05) is 0 Å². The van der Waals surface area contributed by atoms with Crippen molar-refractivity contribution in [3.05, 3.63) is 29.8 Å². The van der Waals surface area contributed by atoms with Crippen LogP contribution in [0.5, 0.6) is 5.75 Å². The average molecular weight is 453 g/mol. The molecule has 1 aromatic rings. The molecule has 0 aliphatic carbocycles. The van der Waals surface area contributed by atoms with Crippen LogP contribution < -0.4 is 4.52 Å². The lowest BCUT2D eigenvalue weighted by Gasteiger charge is -2.14. The fourth-order valence-corrected chi connectivity index (χ4v) is 2.23. The molecule has 0 amide bonds. The molecule has 0 aliphatic rings. The lowest BCUT2D eigenvalue weighted by Crippen LogP contribution is -2.03. The average Bonchev–Trinajstić information content (AvgIpc) is 2.12. The standard InChI is InChI=1S/C9H10Br3O4P/c10-9(11,12)6-5-7-3-1-2-4-8(7)16-17(13,14)15/h1-4H,5-6H2,(H2,13,14,15). The van der Waals surface area contributed by atoms with Crippen molar-refractivity contribution < 1.29 is 18.9 Å². The predicted molar refractivity (Wildman–Crippen MR) is 76.9 cm³/mol. The van der Waals surface area contributed by atoms with E-state index in [1.54, 1.807) is 18.2 Å². The van der Waals surface area contributed by atoms with Gasteiger partial charge in [-0.3, -0.25) is 9.79 Å². The van der Waals surface area contributed by atoms with E-state index < -0.39 is 7.82 Å². The SMILES string of the molecule is O=P(O)(O)Oc1ccccc1CCC(Br)(Br)Br. The molecule has 0 spiro atoms. The van der Waals surface area contributed by atoms with Gasteiger partial charge in [-0.2, -0.15) is 0 Å². The first-order valence-corrected chi connectivity index (χ1v) is 8.48. The van der Waals surface area contributed by atoms with Crippen molar-refractivity contribution in [2.75, 3.05) is 0 Å². The highest BCUT2D eigenvalue weighted by Crippen LogP contribution is 2.42. The number of phosphoric acid groups is 1. The van der Waals surface area contributed by atoms with Crippen molar-refractivity contribution in [1.82, 2.24) is 0 Å². The topological polar surface area (TPSA) is 66.8 Å². The first-order chi connectivity index (χ1) is 7.67. The summed E-state index contributed by atoms with van der Waals surface area (Å²) < 4.78 is 15.0. The first kappa shape index (κ1) is 15.7. The van der Waals surface area contributed by atoms with Gasteiger partial charge in [-0.05, 0) is 24.5 Å². The number of para-hydroxylation sites is 1. The molecule has 4 nitrogen and oxygen atoms in total. The first-order valence-electron chi connectivity index (χ1n) is 4.57. The maximum Gasteiger partial charge on any atom is 0.524 e. The van der Waals surface area contributed by atoms with Crippen molar-refractivity contribution in [3.63, 3.8) is 0 Å². The molecular weight excluding hydrogens is 443 g/mol. The number of rotatable bonds is 4. The van der Waals surface area contributed by atoms with Crippen LogP contribution in [0.15, 0.2) is 24.3 Å². The fourth-order valence-electron chi connectivity index (χ4n) is 1.20. The molecule has 0 unspecified atom stereocenters. The molecule has 0 atom stereocenters. The molecule has 8 heteroatoms. The minimum atomic E-state index is -4.51. The van der Waals surface area contributed by atoms with Gasteiger partial charge in [0.2, 0.25) is 0 Å². The van der Waals surface area contributed by atoms with E-state index in [-0.39, 0.29) is 7.89 Å². The second kappa shape index (κ2) is 6.17. The fraction of sp³-hybridized carbons (Fsp3) is 0.333. The van der Waals surface area contributed by atoms with E-state index in [0.29, 0.717) is 12.8 Å². The van der Waals surface area contributed by atoms with Crippen molar-refractivity contribution in [2.24, 2.45) is 0 Å². The minimum absolute atomic E-state index is 0.206. The summed E-state index contributed by atoms with van der Waals surface area (Å²) in [5.74, 6) is 0.206. The maximum absolute atomic E-state index is 10.8. The summed E-state index contributed by atoms with van der Waals surface area (Å²) >= 11 is 10.1. The Morgan fingerprint density at radius 3 is 2.35 bits per heavy atom. The molecule has 1 rings (SSSR count). The van der Waals surface area contributed by atoms with Gasteiger partial charge < -0.3 is 4.52 Å². The van der Waals surface area contributed by atoms with Crippen LogP contribution in [0.25, 0.3) is 0 Å². The molecule has 0 heterocycles. The van der Waals surface area contributed by atoms with Crippen molar-refractivity contribution in [2.45, 2.75) is 15.0 Å².